The number of halogens is 1. The fourth-order valence-electron chi connectivity index (χ4n) is 1.09. The number of hydrogen-bond acceptors (Lipinski definition) is 2. The summed E-state index contributed by atoms with van der Waals surface area (Å²) in [6, 6.07) is 5.71. The standard InChI is InChI=1S/C11H13ClN2O/c1-9(12)8-11(15)14-7-5-10-4-2-3-6-13-10/h2-4,6,8H,5,7H2,1H3,(H,14,15). The van der Waals surface area contributed by atoms with Gasteiger partial charge in [0.15, 0.2) is 0 Å². The van der Waals surface area contributed by atoms with Crippen molar-refractivity contribution in [3.8, 4) is 0 Å². The average molecular weight is 225 g/mol. The van der Waals surface area contributed by atoms with Gasteiger partial charge >= 0.3 is 0 Å². The second kappa shape index (κ2) is 6.19. The van der Waals surface area contributed by atoms with Crippen LogP contribution >= 0.6 is 11.6 Å². The Morgan fingerprint density at radius 1 is 1.60 bits per heavy atom. The Kier molecular flexibility index (Phi) is 4.84. The Hall–Kier alpha value is -1.35. The molecule has 0 spiro atoms. The average Bonchev–Trinajstić information content (AvgIpc) is 2.18. The molecule has 1 aromatic rings. The maximum absolute atomic E-state index is 11.2. The highest BCUT2D eigenvalue weighted by atomic mass is 35.5. The number of carbonyl (C=O) groups is 1. The van der Waals surface area contributed by atoms with E-state index in [-0.39, 0.29) is 5.91 Å². The Bertz CT molecular complexity index is 345. The second-order valence-corrected chi connectivity index (χ2v) is 3.69. The van der Waals surface area contributed by atoms with Crippen molar-refractivity contribution in [1.82, 2.24) is 10.3 Å². The van der Waals surface area contributed by atoms with Gasteiger partial charge in [-0.25, -0.2) is 0 Å². The van der Waals surface area contributed by atoms with Crippen LogP contribution < -0.4 is 5.32 Å². The number of aromatic nitrogens is 1. The molecule has 1 aromatic heterocycles. The number of carbonyl (C=O) groups excluding carboxylic acids is 1. The van der Waals surface area contributed by atoms with Crippen LogP contribution in [0.15, 0.2) is 35.5 Å². The summed E-state index contributed by atoms with van der Waals surface area (Å²) >= 11 is 5.56. The fourth-order valence-corrected chi connectivity index (χ4v) is 1.19. The Morgan fingerprint density at radius 2 is 2.40 bits per heavy atom. The van der Waals surface area contributed by atoms with Crippen molar-refractivity contribution in [2.24, 2.45) is 0 Å². The van der Waals surface area contributed by atoms with Crippen LogP contribution in [0.1, 0.15) is 12.6 Å². The number of nitrogens with one attached hydrogen (secondary N) is 1. The third-order valence-corrected chi connectivity index (χ3v) is 1.85. The molecule has 0 fully saturated rings. The van der Waals surface area contributed by atoms with Crippen molar-refractivity contribution in [1.29, 1.82) is 0 Å². The fraction of sp³-hybridized carbons (Fsp3) is 0.273. The molecule has 1 N–H and O–H groups in total. The number of hydrogen-bond donors (Lipinski definition) is 1. The van der Waals surface area contributed by atoms with Crippen LogP contribution in [0.2, 0.25) is 0 Å². The Balaban J connectivity index is 2.28. The molecule has 4 heteroatoms. The predicted octanol–water partition coefficient (Wildman–Crippen LogP) is 1.88. The summed E-state index contributed by atoms with van der Waals surface area (Å²) in [7, 11) is 0. The first-order valence-corrected chi connectivity index (χ1v) is 5.08. The van der Waals surface area contributed by atoms with E-state index in [9.17, 15) is 4.79 Å². The zero-order valence-corrected chi connectivity index (χ0v) is 9.29. The highest BCUT2D eigenvalue weighted by molar-refractivity contribution is 6.30. The molecular formula is C11H13ClN2O. The van der Waals surface area contributed by atoms with Crippen LogP contribution in [-0.2, 0) is 11.2 Å². The highest BCUT2D eigenvalue weighted by Crippen LogP contribution is 1.97. The van der Waals surface area contributed by atoms with Gasteiger partial charge in [-0.2, -0.15) is 0 Å². The highest BCUT2D eigenvalue weighted by Gasteiger charge is 1.97. The van der Waals surface area contributed by atoms with Crippen molar-refractivity contribution in [2.75, 3.05) is 6.54 Å². The zero-order valence-electron chi connectivity index (χ0n) is 8.53. The number of nitrogens with zero attached hydrogens (tertiary/aromatic N) is 1. The van der Waals surface area contributed by atoms with Gasteiger partial charge in [0.05, 0.1) is 0 Å². The largest absolute Gasteiger partial charge is 0.352 e. The normalized spacial score (nSPS) is 11.2. The number of rotatable bonds is 4. The van der Waals surface area contributed by atoms with Gasteiger partial charge in [0, 0.05) is 36.0 Å². The van der Waals surface area contributed by atoms with Crippen molar-refractivity contribution < 1.29 is 4.79 Å². The number of pyridine rings is 1. The number of allylic oxidation sites excluding steroid dienone is 1. The van der Waals surface area contributed by atoms with Gasteiger partial charge in [0.1, 0.15) is 0 Å². The molecule has 80 valence electrons. The van der Waals surface area contributed by atoms with E-state index in [1.165, 1.54) is 6.08 Å². The van der Waals surface area contributed by atoms with E-state index >= 15 is 0 Å². The van der Waals surface area contributed by atoms with Crippen LogP contribution in [0, 0.1) is 0 Å². The van der Waals surface area contributed by atoms with E-state index < -0.39 is 0 Å². The smallest absolute Gasteiger partial charge is 0.245 e. The molecule has 0 bridgehead atoms. The SMILES string of the molecule is CC(Cl)=CC(=O)NCCc1ccccn1. The predicted molar refractivity (Wildman–Crippen MR) is 60.6 cm³/mol. The lowest BCUT2D eigenvalue weighted by molar-refractivity contribution is -0.116. The minimum absolute atomic E-state index is 0.168. The molecule has 1 rings (SSSR count). The summed E-state index contributed by atoms with van der Waals surface area (Å²) in [5, 5.41) is 3.20. The van der Waals surface area contributed by atoms with Gasteiger partial charge in [-0.3, -0.25) is 9.78 Å². The quantitative estimate of drug-likeness (QED) is 0.794. The summed E-state index contributed by atoms with van der Waals surface area (Å²) in [6.07, 6.45) is 3.82. The van der Waals surface area contributed by atoms with Gasteiger partial charge in [0.25, 0.3) is 0 Å². The molecule has 0 unspecified atom stereocenters. The van der Waals surface area contributed by atoms with E-state index in [0.29, 0.717) is 11.6 Å². The molecular weight excluding hydrogens is 212 g/mol. The Morgan fingerprint density at radius 3 is 3.00 bits per heavy atom. The summed E-state index contributed by atoms with van der Waals surface area (Å²) in [6.45, 7) is 2.23. The Labute approximate surface area is 94.2 Å². The third-order valence-electron chi connectivity index (χ3n) is 1.74. The topological polar surface area (TPSA) is 42.0 Å². The van der Waals surface area contributed by atoms with Crippen molar-refractivity contribution in [2.45, 2.75) is 13.3 Å². The van der Waals surface area contributed by atoms with Gasteiger partial charge in [-0.05, 0) is 19.1 Å². The maximum Gasteiger partial charge on any atom is 0.245 e. The van der Waals surface area contributed by atoms with E-state index in [4.69, 9.17) is 11.6 Å². The molecule has 0 aromatic carbocycles. The zero-order chi connectivity index (χ0) is 11.1. The van der Waals surface area contributed by atoms with E-state index in [1.54, 1.807) is 13.1 Å². The summed E-state index contributed by atoms with van der Waals surface area (Å²) in [4.78, 5) is 15.3. The first kappa shape index (κ1) is 11.7. The molecule has 1 amide bonds. The number of amides is 1. The monoisotopic (exact) mass is 224 g/mol. The van der Waals surface area contributed by atoms with Crippen LogP contribution in [0.5, 0.6) is 0 Å². The van der Waals surface area contributed by atoms with Crippen molar-refractivity contribution in [3.63, 3.8) is 0 Å². The third kappa shape index (κ3) is 5.18. The first-order chi connectivity index (χ1) is 7.18. The molecule has 0 radical (unpaired) electrons. The first-order valence-electron chi connectivity index (χ1n) is 4.70. The molecule has 0 aliphatic carbocycles. The molecule has 0 aliphatic heterocycles. The molecule has 15 heavy (non-hydrogen) atoms. The summed E-state index contributed by atoms with van der Waals surface area (Å²) in [5.74, 6) is -0.168. The minimum Gasteiger partial charge on any atom is -0.352 e. The van der Waals surface area contributed by atoms with Gasteiger partial charge in [-0.15, -0.1) is 0 Å². The summed E-state index contributed by atoms with van der Waals surface area (Å²) < 4.78 is 0. The van der Waals surface area contributed by atoms with Crippen LogP contribution in [0.25, 0.3) is 0 Å². The lowest BCUT2D eigenvalue weighted by Crippen LogP contribution is -2.23. The van der Waals surface area contributed by atoms with E-state index in [2.05, 4.69) is 10.3 Å². The van der Waals surface area contributed by atoms with Gasteiger partial charge in [-0.1, -0.05) is 17.7 Å². The van der Waals surface area contributed by atoms with Crippen LogP contribution in [0.4, 0.5) is 0 Å². The lowest BCUT2D eigenvalue weighted by atomic mass is 10.3. The van der Waals surface area contributed by atoms with E-state index in [0.717, 1.165) is 12.1 Å². The van der Waals surface area contributed by atoms with E-state index in [1.807, 2.05) is 18.2 Å². The molecule has 0 saturated heterocycles. The minimum atomic E-state index is -0.168. The van der Waals surface area contributed by atoms with Crippen molar-refractivity contribution in [3.05, 3.63) is 41.2 Å². The van der Waals surface area contributed by atoms with Gasteiger partial charge < -0.3 is 5.32 Å². The maximum atomic E-state index is 11.2. The molecule has 0 saturated carbocycles. The summed E-state index contributed by atoms with van der Waals surface area (Å²) in [5.41, 5.74) is 0.962. The molecule has 0 atom stereocenters. The van der Waals surface area contributed by atoms with Gasteiger partial charge in [0.2, 0.25) is 5.91 Å². The second-order valence-electron chi connectivity index (χ2n) is 3.09. The van der Waals surface area contributed by atoms with Crippen LogP contribution in [0.3, 0.4) is 0 Å². The van der Waals surface area contributed by atoms with Crippen molar-refractivity contribution >= 4 is 17.5 Å². The molecule has 3 nitrogen and oxygen atoms in total. The lowest BCUT2D eigenvalue weighted by Gasteiger charge is -2.01. The van der Waals surface area contributed by atoms with Crippen LogP contribution in [-0.4, -0.2) is 17.4 Å². The molecule has 1 heterocycles. The molecule has 0 aliphatic rings.